The molecule has 4 heteroatoms. The van der Waals surface area contributed by atoms with Crippen molar-refractivity contribution in [1.29, 1.82) is 0 Å². The van der Waals surface area contributed by atoms with Crippen molar-refractivity contribution in [3.63, 3.8) is 0 Å². The molecule has 3 nitrogen and oxygen atoms in total. The Hall–Kier alpha value is -2.36. The molecule has 114 valence electrons. The van der Waals surface area contributed by atoms with Crippen LogP contribution in [0.1, 0.15) is 28.4 Å². The van der Waals surface area contributed by atoms with E-state index in [1.165, 1.54) is 12.1 Å². The van der Waals surface area contributed by atoms with Crippen LogP contribution in [0.25, 0.3) is 0 Å². The van der Waals surface area contributed by atoms with Crippen molar-refractivity contribution in [2.75, 3.05) is 14.2 Å². The molecule has 1 unspecified atom stereocenters. The highest BCUT2D eigenvalue weighted by molar-refractivity contribution is 6.08. The Balaban J connectivity index is 2.08. The Morgan fingerprint density at radius 2 is 1.64 bits per heavy atom. The molecule has 2 aromatic rings. The van der Waals surface area contributed by atoms with Gasteiger partial charge < -0.3 is 9.47 Å². The topological polar surface area (TPSA) is 35.5 Å². The lowest BCUT2D eigenvalue weighted by atomic mass is 9.79. The molecule has 0 aliphatic heterocycles. The molecule has 0 saturated heterocycles. The minimum Gasteiger partial charge on any atom is -0.493 e. The summed E-state index contributed by atoms with van der Waals surface area (Å²) >= 11 is 0. The van der Waals surface area contributed by atoms with E-state index in [9.17, 15) is 9.18 Å². The van der Waals surface area contributed by atoms with Crippen molar-refractivity contribution in [3.05, 3.63) is 58.9 Å². The number of hydrogen-bond donors (Lipinski definition) is 0. The zero-order valence-corrected chi connectivity index (χ0v) is 12.8. The SMILES string of the molecule is COc1cc2c(cc1OC)C(=O)C(C)(c1ccc(F)cc1)C2. The lowest BCUT2D eigenvalue weighted by Crippen LogP contribution is -2.29. The monoisotopic (exact) mass is 300 g/mol. The first kappa shape index (κ1) is 14.6. The molecule has 1 aliphatic rings. The van der Waals surface area contributed by atoms with Crippen LogP contribution in [0.3, 0.4) is 0 Å². The van der Waals surface area contributed by atoms with Gasteiger partial charge in [-0.15, -0.1) is 0 Å². The Kier molecular flexibility index (Phi) is 3.39. The van der Waals surface area contributed by atoms with Gasteiger partial charge in [-0.1, -0.05) is 12.1 Å². The van der Waals surface area contributed by atoms with Gasteiger partial charge in [0.25, 0.3) is 0 Å². The molecule has 0 amide bonds. The standard InChI is InChI=1S/C18H17FO3/c1-18(12-4-6-13(19)7-5-12)10-11-8-15(21-2)16(22-3)9-14(11)17(18)20/h4-9H,10H2,1-3H3. The van der Waals surface area contributed by atoms with Crippen molar-refractivity contribution in [2.24, 2.45) is 0 Å². The van der Waals surface area contributed by atoms with Gasteiger partial charge in [0.15, 0.2) is 17.3 Å². The molecule has 0 N–H and O–H groups in total. The summed E-state index contributed by atoms with van der Waals surface area (Å²) in [6.45, 7) is 1.89. The summed E-state index contributed by atoms with van der Waals surface area (Å²) in [7, 11) is 3.11. The molecule has 0 fully saturated rings. The van der Waals surface area contributed by atoms with Crippen LogP contribution in [0.2, 0.25) is 0 Å². The van der Waals surface area contributed by atoms with Gasteiger partial charge in [-0.25, -0.2) is 4.39 Å². The maximum absolute atomic E-state index is 13.1. The second-order valence-corrected chi connectivity index (χ2v) is 5.71. The Morgan fingerprint density at radius 1 is 1.05 bits per heavy atom. The van der Waals surface area contributed by atoms with Crippen LogP contribution < -0.4 is 9.47 Å². The fourth-order valence-corrected chi connectivity index (χ4v) is 3.09. The van der Waals surface area contributed by atoms with Gasteiger partial charge in [0.2, 0.25) is 0 Å². The molecule has 3 rings (SSSR count). The van der Waals surface area contributed by atoms with Crippen LogP contribution in [-0.2, 0) is 11.8 Å². The maximum Gasteiger partial charge on any atom is 0.173 e. The predicted molar refractivity (Wildman–Crippen MR) is 81.3 cm³/mol. The molecule has 1 atom stereocenters. The van der Waals surface area contributed by atoms with Crippen LogP contribution in [-0.4, -0.2) is 20.0 Å². The second-order valence-electron chi connectivity index (χ2n) is 5.71. The smallest absolute Gasteiger partial charge is 0.173 e. The van der Waals surface area contributed by atoms with Crippen LogP contribution >= 0.6 is 0 Å². The molecular weight excluding hydrogens is 283 g/mol. The Bertz CT molecular complexity index is 737. The summed E-state index contributed by atoms with van der Waals surface area (Å²) < 4.78 is 23.7. The normalized spacial score (nSPS) is 19.9. The molecule has 0 saturated carbocycles. The van der Waals surface area contributed by atoms with Crippen molar-refractivity contribution in [1.82, 2.24) is 0 Å². The minimum absolute atomic E-state index is 0.0232. The third-order valence-electron chi connectivity index (χ3n) is 4.38. The lowest BCUT2D eigenvalue weighted by molar-refractivity contribution is 0.0915. The molecular formula is C18H17FO3. The third-order valence-corrected chi connectivity index (χ3v) is 4.38. The minimum atomic E-state index is -0.687. The van der Waals surface area contributed by atoms with E-state index in [1.807, 2.05) is 13.0 Å². The van der Waals surface area contributed by atoms with Gasteiger partial charge in [0.1, 0.15) is 5.82 Å². The number of halogens is 1. The van der Waals surface area contributed by atoms with E-state index >= 15 is 0 Å². The van der Waals surface area contributed by atoms with E-state index < -0.39 is 5.41 Å². The van der Waals surface area contributed by atoms with Crippen LogP contribution in [0.15, 0.2) is 36.4 Å². The van der Waals surface area contributed by atoms with Gasteiger partial charge in [0, 0.05) is 5.56 Å². The third kappa shape index (κ3) is 2.06. The molecule has 2 aromatic carbocycles. The number of ketones is 1. The predicted octanol–water partition coefficient (Wildman–Crippen LogP) is 3.54. The zero-order valence-electron chi connectivity index (χ0n) is 12.8. The van der Waals surface area contributed by atoms with Crippen LogP contribution in [0.4, 0.5) is 4.39 Å². The number of Topliss-reactive ketones (excluding diaryl/α,β-unsaturated/α-hetero) is 1. The largest absolute Gasteiger partial charge is 0.493 e. The van der Waals surface area contributed by atoms with Gasteiger partial charge in [-0.2, -0.15) is 0 Å². The van der Waals surface area contributed by atoms with Gasteiger partial charge >= 0.3 is 0 Å². The first-order valence-corrected chi connectivity index (χ1v) is 7.05. The van der Waals surface area contributed by atoms with E-state index in [1.54, 1.807) is 32.4 Å². The molecule has 0 spiro atoms. The molecule has 0 aromatic heterocycles. The average molecular weight is 300 g/mol. The maximum atomic E-state index is 13.1. The number of benzene rings is 2. The van der Waals surface area contributed by atoms with Crippen LogP contribution in [0, 0.1) is 5.82 Å². The Morgan fingerprint density at radius 3 is 2.23 bits per heavy atom. The lowest BCUT2D eigenvalue weighted by Gasteiger charge is -2.22. The number of rotatable bonds is 3. The number of ether oxygens (including phenoxy) is 2. The molecule has 1 aliphatic carbocycles. The van der Waals surface area contributed by atoms with Gasteiger partial charge in [-0.05, 0) is 48.7 Å². The van der Waals surface area contributed by atoms with Gasteiger partial charge in [0.05, 0.1) is 19.6 Å². The summed E-state index contributed by atoms with van der Waals surface area (Å²) in [5.41, 5.74) is 1.69. The summed E-state index contributed by atoms with van der Waals surface area (Å²) in [4.78, 5) is 12.9. The number of carbonyl (C=O) groups excluding carboxylic acids is 1. The first-order chi connectivity index (χ1) is 10.5. The molecule has 0 radical (unpaired) electrons. The van der Waals surface area contributed by atoms with E-state index in [4.69, 9.17) is 9.47 Å². The van der Waals surface area contributed by atoms with Crippen molar-refractivity contribution < 1.29 is 18.7 Å². The summed E-state index contributed by atoms with van der Waals surface area (Å²) in [5, 5.41) is 0. The van der Waals surface area contributed by atoms with Crippen molar-refractivity contribution >= 4 is 5.78 Å². The molecule has 0 heterocycles. The van der Waals surface area contributed by atoms with E-state index in [0.29, 0.717) is 23.5 Å². The van der Waals surface area contributed by atoms with E-state index in [2.05, 4.69) is 0 Å². The number of carbonyl (C=O) groups is 1. The summed E-state index contributed by atoms with van der Waals surface area (Å²) in [6.07, 6.45) is 0.563. The number of hydrogen-bond acceptors (Lipinski definition) is 3. The van der Waals surface area contributed by atoms with E-state index in [-0.39, 0.29) is 11.6 Å². The quantitative estimate of drug-likeness (QED) is 0.869. The summed E-state index contributed by atoms with van der Waals surface area (Å²) in [6, 6.07) is 9.70. The van der Waals surface area contributed by atoms with Crippen molar-refractivity contribution in [2.45, 2.75) is 18.8 Å². The first-order valence-electron chi connectivity index (χ1n) is 7.05. The highest BCUT2D eigenvalue weighted by atomic mass is 19.1. The van der Waals surface area contributed by atoms with E-state index in [0.717, 1.165) is 11.1 Å². The van der Waals surface area contributed by atoms with Crippen molar-refractivity contribution in [3.8, 4) is 11.5 Å². The molecule has 22 heavy (non-hydrogen) atoms. The summed E-state index contributed by atoms with van der Waals surface area (Å²) in [5.74, 6) is 0.865. The molecule has 0 bridgehead atoms. The second kappa shape index (κ2) is 5.13. The Labute approximate surface area is 128 Å². The average Bonchev–Trinajstić information content (AvgIpc) is 2.78. The van der Waals surface area contributed by atoms with Crippen LogP contribution in [0.5, 0.6) is 11.5 Å². The van der Waals surface area contributed by atoms with Gasteiger partial charge in [-0.3, -0.25) is 4.79 Å². The highest BCUT2D eigenvalue weighted by Crippen LogP contribution is 2.43. The zero-order chi connectivity index (χ0) is 15.9. The number of fused-ring (bicyclic) bond motifs is 1. The number of methoxy groups -OCH3 is 2. The fourth-order valence-electron chi connectivity index (χ4n) is 3.09. The fraction of sp³-hybridized carbons (Fsp3) is 0.278. The highest BCUT2D eigenvalue weighted by Gasteiger charge is 2.43.